The van der Waals surface area contributed by atoms with Crippen LogP contribution in [0.1, 0.15) is 21.5 Å². The SMILES string of the molecule is Cc1cc(C)cc(C(=O)NC(=S)Nc2ccc(I)cc2F)c1. The fourth-order valence-electron chi connectivity index (χ4n) is 2.03. The van der Waals surface area contributed by atoms with Gasteiger partial charge in [0.2, 0.25) is 0 Å². The second kappa shape index (κ2) is 7.15. The van der Waals surface area contributed by atoms with Gasteiger partial charge in [0.15, 0.2) is 5.11 Å². The maximum Gasteiger partial charge on any atom is 0.257 e. The summed E-state index contributed by atoms with van der Waals surface area (Å²) >= 11 is 7.08. The molecule has 0 saturated heterocycles. The topological polar surface area (TPSA) is 41.1 Å². The Morgan fingerprint density at radius 2 is 1.77 bits per heavy atom. The summed E-state index contributed by atoms with van der Waals surface area (Å²) in [5.74, 6) is -0.745. The second-order valence-corrected chi connectivity index (χ2v) is 6.56. The van der Waals surface area contributed by atoms with Crippen LogP contribution < -0.4 is 10.6 Å². The highest BCUT2D eigenvalue weighted by molar-refractivity contribution is 14.1. The first kappa shape index (κ1) is 16.8. The predicted molar refractivity (Wildman–Crippen MR) is 98.7 cm³/mol. The monoisotopic (exact) mass is 428 g/mol. The van der Waals surface area contributed by atoms with Crippen molar-refractivity contribution in [1.82, 2.24) is 5.32 Å². The zero-order chi connectivity index (χ0) is 16.3. The van der Waals surface area contributed by atoms with Crippen molar-refractivity contribution in [2.24, 2.45) is 0 Å². The lowest BCUT2D eigenvalue weighted by Gasteiger charge is -2.11. The minimum Gasteiger partial charge on any atom is -0.330 e. The van der Waals surface area contributed by atoms with Crippen molar-refractivity contribution >= 4 is 51.5 Å². The molecular formula is C16H14FIN2OS. The van der Waals surface area contributed by atoms with Crippen molar-refractivity contribution in [3.63, 3.8) is 0 Å². The number of hydrogen-bond acceptors (Lipinski definition) is 2. The van der Waals surface area contributed by atoms with E-state index < -0.39 is 5.82 Å². The first-order valence-corrected chi connectivity index (χ1v) is 7.99. The molecule has 0 aliphatic carbocycles. The molecule has 0 saturated carbocycles. The van der Waals surface area contributed by atoms with E-state index in [1.807, 2.05) is 42.5 Å². The second-order valence-electron chi connectivity index (χ2n) is 4.91. The number of anilines is 1. The van der Waals surface area contributed by atoms with Crippen LogP contribution in [0.5, 0.6) is 0 Å². The van der Waals surface area contributed by atoms with E-state index >= 15 is 0 Å². The van der Waals surface area contributed by atoms with Gasteiger partial charge in [-0.25, -0.2) is 4.39 Å². The van der Waals surface area contributed by atoms with Crippen LogP contribution in [0.15, 0.2) is 36.4 Å². The van der Waals surface area contributed by atoms with Crippen molar-refractivity contribution < 1.29 is 9.18 Å². The van der Waals surface area contributed by atoms with Crippen molar-refractivity contribution in [2.45, 2.75) is 13.8 Å². The first-order valence-electron chi connectivity index (χ1n) is 6.51. The van der Waals surface area contributed by atoms with Gasteiger partial charge in [-0.3, -0.25) is 10.1 Å². The normalized spacial score (nSPS) is 10.2. The average Bonchev–Trinajstić information content (AvgIpc) is 2.40. The van der Waals surface area contributed by atoms with E-state index in [0.29, 0.717) is 5.56 Å². The van der Waals surface area contributed by atoms with Gasteiger partial charge in [-0.1, -0.05) is 17.2 Å². The Balaban J connectivity index is 2.06. The summed E-state index contributed by atoms with van der Waals surface area (Å²) in [6, 6.07) is 10.2. The summed E-state index contributed by atoms with van der Waals surface area (Å²) in [7, 11) is 0. The Morgan fingerprint density at radius 3 is 2.36 bits per heavy atom. The lowest BCUT2D eigenvalue weighted by Crippen LogP contribution is -2.34. The maximum absolute atomic E-state index is 13.7. The van der Waals surface area contributed by atoms with Crippen LogP contribution in [-0.2, 0) is 0 Å². The zero-order valence-electron chi connectivity index (χ0n) is 12.0. The molecule has 0 unspecified atom stereocenters. The highest BCUT2D eigenvalue weighted by Gasteiger charge is 2.10. The number of carbonyl (C=O) groups is 1. The molecule has 3 nitrogen and oxygen atoms in total. The van der Waals surface area contributed by atoms with E-state index in [4.69, 9.17) is 12.2 Å². The first-order chi connectivity index (χ1) is 10.3. The number of amides is 1. The summed E-state index contributed by atoms with van der Waals surface area (Å²) in [6.07, 6.45) is 0. The van der Waals surface area contributed by atoms with Crippen LogP contribution in [0.25, 0.3) is 0 Å². The minimum atomic E-state index is -0.421. The number of thiocarbonyl (C=S) groups is 1. The van der Waals surface area contributed by atoms with E-state index in [1.165, 1.54) is 6.07 Å². The third-order valence-corrected chi connectivity index (χ3v) is 3.77. The number of nitrogens with one attached hydrogen (secondary N) is 2. The van der Waals surface area contributed by atoms with Gasteiger partial charge in [0.25, 0.3) is 5.91 Å². The van der Waals surface area contributed by atoms with Gasteiger partial charge in [-0.05, 0) is 79.0 Å². The molecule has 0 bridgehead atoms. The number of aryl methyl sites for hydroxylation is 2. The van der Waals surface area contributed by atoms with Crippen molar-refractivity contribution in [2.75, 3.05) is 5.32 Å². The van der Waals surface area contributed by atoms with Gasteiger partial charge >= 0.3 is 0 Å². The maximum atomic E-state index is 13.7. The van der Waals surface area contributed by atoms with Crippen molar-refractivity contribution in [3.05, 3.63) is 62.5 Å². The Bertz CT molecular complexity index is 729. The molecule has 2 rings (SSSR count). The number of hydrogen-bond donors (Lipinski definition) is 2. The molecule has 0 aliphatic rings. The molecule has 0 radical (unpaired) electrons. The van der Waals surface area contributed by atoms with Crippen LogP contribution >= 0.6 is 34.8 Å². The summed E-state index contributed by atoms with van der Waals surface area (Å²) in [5.41, 5.74) is 2.73. The van der Waals surface area contributed by atoms with Crippen molar-refractivity contribution in [1.29, 1.82) is 0 Å². The number of carbonyl (C=O) groups excluding carboxylic acids is 1. The van der Waals surface area contributed by atoms with Crippen LogP contribution in [0.2, 0.25) is 0 Å². The van der Waals surface area contributed by atoms with E-state index in [2.05, 4.69) is 10.6 Å². The fraction of sp³-hybridized carbons (Fsp3) is 0.125. The smallest absolute Gasteiger partial charge is 0.257 e. The Hall–Kier alpha value is -1.54. The van der Waals surface area contributed by atoms with Gasteiger partial charge in [0.1, 0.15) is 5.82 Å². The van der Waals surface area contributed by atoms with Gasteiger partial charge in [0.05, 0.1) is 5.69 Å². The fourth-order valence-corrected chi connectivity index (χ4v) is 2.68. The molecule has 6 heteroatoms. The number of halogens is 2. The van der Waals surface area contributed by atoms with Crippen molar-refractivity contribution in [3.8, 4) is 0 Å². The summed E-state index contributed by atoms with van der Waals surface area (Å²) in [5, 5.41) is 5.30. The lowest BCUT2D eigenvalue weighted by atomic mass is 10.1. The molecule has 1 amide bonds. The predicted octanol–water partition coefficient (Wildman–Crippen LogP) is 4.17. The van der Waals surface area contributed by atoms with Gasteiger partial charge < -0.3 is 5.32 Å². The van der Waals surface area contributed by atoms with Crippen LogP contribution in [-0.4, -0.2) is 11.0 Å². The molecule has 114 valence electrons. The highest BCUT2D eigenvalue weighted by Crippen LogP contribution is 2.17. The van der Waals surface area contributed by atoms with Crippen LogP contribution in [0, 0.1) is 23.2 Å². The molecule has 0 aromatic heterocycles. The largest absolute Gasteiger partial charge is 0.330 e. The lowest BCUT2D eigenvalue weighted by molar-refractivity contribution is 0.0977. The molecule has 0 atom stereocenters. The van der Waals surface area contributed by atoms with Gasteiger partial charge in [0, 0.05) is 9.13 Å². The molecule has 0 aliphatic heterocycles. The molecular weight excluding hydrogens is 414 g/mol. The molecule has 0 fully saturated rings. The summed E-state index contributed by atoms with van der Waals surface area (Å²) < 4.78 is 14.5. The minimum absolute atomic E-state index is 0.0595. The van der Waals surface area contributed by atoms with E-state index in [-0.39, 0.29) is 16.7 Å². The molecule has 22 heavy (non-hydrogen) atoms. The van der Waals surface area contributed by atoms with Gasteiger partial charge in [-0.15, -0.1) is 0 Å². The summed E-state index contributed by atoms with van der Waals surface area (Å²) in [4.78, 5) is 12.2. The van der Waals surface area contributed by atoms with Crippen LogP contribution in [0.3, 0.4) is 0 Å². The van der Waals surface area contributed by atoms with E-state index in [9.17, 15) is 9.18 Å². The Kier molecular flexibility index (Phi) is 5.47. The molecule has 2 aromatic rings. The summed E-state index contributed by atoms with van der Waals surface area (Å²) in [6.45, 7) is 3.84. The van der Waals surface area contributed by atoms with Gasteiger partial charge in [-0.2, -0.15) is 0 Å². The Morgan fingerprint density at radius 1 is 1.14 bits per heavy atom. The third-order valence-electron chi connectivity index (χ3n) is 2.89. The average molecular weight is 428 g/mol. The number of benzene rings is 2. The standard InChI is InChI=1S/C16H14FIN2OS/c1-9-5-10(2)7-11(6-9)15(21)20-16(22)19-14-4-3-12(18)8-13(14)17/h3-8H,1-2H3,(H2,19,20,21,22). The Labute approximate surface area is 147 Å². The molecule has 0 spiro atoms. The van der Waals surface area contributed by atoms with E-state index in [1.54, 1.807) is 24.3 Å². The zero-order valence-corrected chi connectivity index (χ0v) is 15.0. The third kappa shape index (κ3) is 4.48. The quantitative estimate of drug-likeness (QED) is 0.557. The molecule has 2 aromatic carbocycles. The molecule has 2 N–H and O–H groups in total. The van der Waals surface area contributed by atoms with E-state index in [0.717, 1.165) is 14.7 Å². The van der Waals surface area contributed by atoms with Crippen LogP contribution in [0.4, 0.5) is 10.1 Å². The number of rotatable bonds is 2. The molecule has 0 heterocycles. The highest BCUT2D eigenvalue weighted by atomic mass is 127.